The summed E-state index contributed by atoms with van der Waals surface area (Å²) in [6.07, 6.45) is 4.61. The molecule has 100 valence electrons. The fraction of sp³-hybridized carbons (Fsp3) is 0.571. The Hall–Kier alpha value is -1.00. The molecule has 0 spiro atoms. The van der Waals surface area contributed by atoms with Crippen LogP contribution < -0.4 is 5.73 Å². The monoisotopic (exact) mass is 254 g/mol. The first kappa shape index (κ1) is 13.4. The molecular weight excluding hydrogens is 234 g/mol. The maximum absolute atomic E-state index is 13.2. The molecule has 18 heavy (non-hydrogen) atoms. The molecule has 1 aromatic rings. The number of hydrogen-bond donors (Lipinski definition) is 1. The van der Waals surface area contributed by atoms with Gasteiger partial charge in [0.15, 0.2) is 0 Å². The molecule has 0 bridgehead atoms. The smallest absolute Gasteiger partial charge is 0.126 e. The fourth-order valence-corrected chi connectivity index (χ4v) is 2.65. The molecule has 0 aromatic heterocycles. The minimum Gasteiger partial charge on any atom is -0.329 e. The Morgan fingerprint density at radius 1 is 1.11 bits per heavy atom. The average molecular weight is 254 g/mol. The Morgan fingerprint density at radius 2 is 1.83 bits per heavy atom. The molecule has 1 atom stereocenters. The first-order valence-electron chi connectivity index (χ1n) is 6.58. The van der Waals surface area contributed by atoms with E-state index in [1.54, 1.807) is 0 Å². The molecule has 0 aliphatic carbocycles. The normalized spacial score (nSPS) is 21.8. The van der Waals surface area contributed by atoms with Crippen LogP contribution in [0.2, 0.25) is 0 Å². The van der Waals surface area contributed by atoms with Crippen molar-refractivity contribution in [1.29, 1.82) is 0 Å². The number of likely N-dealkylation sites (tertiary alicyclic amines) is 1. The summed E-state index contributed by atoms with van der Waals surface area (Å²) in [5.74, 6) is -1.02. The van der Waals surface area contributed by atoms with Gasteiger partial charge in [-0.05, 0) is 37.1 Å². The molecule has 2 N–H and O–H groups in total. The molecule has 1 aliphatic rings. The number of halogens is 2. The summed E-state index contributed by atoms with van der Waals surface area (Å²) >= 11 is 0. The van der Waals surface area contributed by atoms with E-state index in [1.807, 2.05) is 0 Å². The van der Waals surface area contributed by atoms with E-state index in [1.165, 1.54) is 25.0 Å². The third-order valence-corrected chi connectivity index (χ3v) is 3.58. The van der Waals surface area contributed by atoms with Gasteiger partial charge in [-0.25, -0.2) is 8.78 Å². The van der Waals surface area contributed by atoms with Crippen LogP contribution >= 0.6 is 0 Å². The molecule has 4 heteroatoms. The third kappa shape index (κ3) is 3.50. The second kappa shape index (κ2) is 6.25. The van der Waals surface area contributed by atoms with Crippen molar-refractivity contribution >= 4 is 0 Å². The maximum Gasteiger partial charge on any atom is 0.126 e. The molecule has 1 heterocycles. The lowest BCUT2D eigenvalue weighted by Gasteiger charge is -2.28. The van der Waals surface area contributed by atoms with Crippen LogP contribution in [0.4, 0.5) is 8.78 Å². The quantitative estimate of drug-likeness (QED) is 0.898. The summed E-state index contributed by atoms with van der Waals surface area (Å²) in [5.41, 5.74) is 6.47. The second-order valence-electron chi connectivity index (χ2n) is 4.99. The summed E-state index contributed by atoms with van der Waals surface area (Å²) < 4.78 is 26.3. The molecule has 1 fully saturated rings. The van der Waals surface area contributed by atoms with Gasteiger partial charge in [-0.3, -0.25) is 4.90 Å². The molecule has 2 nitrogen and oxygen atoms in total. The molecule has 0 saturated carbocycles. The van der Waals surface area contributed by atoms with Gasteiger partial charge in [0, 0.05) is 25.2 Å². The number of hydrogen-bond acceptors (Lipinski definition) is 2. The number of nitrogens with zero attached hydrogens (tertiary/aromatic N) is 1. The first-order chi connectivity index (χ1) is 8.69. The van der Waals surface area contributed by atoms with Crippen LogP contribution in [0.1, 0.15) is 31.2 Å². The van der Waals surface area contributed by atoms with Crippen molar-refractivity contribution in [3.8, 4) is 0 Å². The molecule has 0 radical (unpaired) electrons. The van der Waals surface area contributed by atoms with E-state index in [0.717, 1.165) is 25.5 Å². The van der Waals surface area contributed by atoms with E-state index in [-0.39, 0.29) is 0 Å². The van der Waals surface area contributed by atoms with Gasteiger partial charge < -0.3 is 5.73 Å². The van der Waals surface area contributed by atoms with Crippen LogP contribution in [0.3, 0.4) is 0 Å². The van der Waals surface area contributed by atoms with Gasteiger partial charge in [0.1, 0.15) is 11.6 Å². The van der Waals surface area contributed by atoms with Gasteiger partial charge in [0.05, 0.1) is 0 Å². The second-order valence-corrected chi connectivity index (χ2v) is 4.99. The van der Waals surface area contributed by atoms with Gasteiger partial charge in [0.25, 0.3) is 0 Å². The minimum absolute atomic E-state index is 0.332. The summed E-state index contributed by atoms with van der Waals surface area (Å²) in [6.45, 7) is 2.15. The van der Waals surface area contributed by atoms with Crippen LogP contribution in [-0.2, 0) is 6.54 Å². The Labute approximate surface area is 107 Å². The lowest BCUT2D eigenvalue weighted by atomic mass is 10.1. The summed E-state index contributed by atoms with van der Waals surface area (Å²) in [4.78, 5) is 2.25. The van der Waals surface area contributed by atoms with Gasteiger partial charge in [-0.15, -0.1) is 0 Å². The molecule has 2 rings (SSSR count). The largest absolute Gasteiger partial charge is 0.329 e. The lowest BCUT2D eigenvalue weighted by molar-refractivity contribution is 0.195. The van der Waals surface area contributed by atoms with Gasteiger partial charge >= 0.3 is 0 Å². The summed E-state index contributed by atoms with van der Waals surface area (Å²) in [5, 5.41) is 0. The number of benzene rings is 1. The van der Waals surface area contributed by atoms with Crippen LogP contribution in [0.25, 0.3) is 0 Å². The van der Waals surface area contributed by atoms with Crippen LogP contribution in [0.5, 0.6) is 0 Å². The van der Waals surface area contributed by atoms with E-state index in [2.05, 4.69) is 4.90 Å². The highest BCUT2D eigenvalue weighted by molar-refractivity contribution is 5.18. The van der Waals surface area contributed by atoms with E-state index in [4.69, 9.17) is 5.73 Å². The zero-order valence-corrected chi connectivity index (χ0v) is 10.5. The highest BCUT2D eigenvalue weighted by Gasteiger charge is 2.20. The van der Waals surface area contributed by atoms with Gasteiger partial charge in [-0.1, -0.05) is 12.8 Å². The Morgan fingerprint density at radius 3 is 2.50 bits per heavy atom. The Balaban J connectivity index is 2.09. The zero-order valence-electron chi connectivity index (χ0n) is 10.5. The van der Waals surface area contributed by atoms with Crippen molar-refractivity contribution in [2.24, 2.45) is 5.73 Å². The predicted molar refractivity (Wildman–Crippen MR) is 68.1 cm³/mol. The first-order valence-corrected chi connectivity index (χ1v) is 6.58. The Kier molecular flexibility index (Phi) is 4.66. The number of nitrogens with two attached hydrogens (primary N) is 1. The van der Waals surface area contributed by atoms with E-state index < -0.39 is 11.6 Å². The van der Waals surface area contributed by atoms with Gasteiger partial charge in [0.2, 0.25) is 0 Å². The molecule has 1 aliphatic heterocycles. The molecule has 1 aromatic carbocycles. The SMILES string of the molecule is NCC1CCCCCN1Cc1cc(F)cc(F)c1. The van der Waals surface area contributed by atoms with Crippen molar-refractivity contribution in [1.82, 2.24) is 4.90 Å². The molecule has 0 amide bonds. The zero-order chi connectivity index (χ0) is 13.0. The van der Waals surface area contributed by atoms with Gasteiger partial charge in [-0.2, -0.15) is 0 Å². The van der Waals surface area contributed by atoms with Crippen molar-refractivity contribution in [3.63, 3.8) is 0 Å². The predicted octanol–water partition coefficient (Wildman–Crippen LogP) is 2.67. The third-order valence-electron chi connectivity index (χ3n) is 3.58. The van der Waals surface area contributed by atoms with Crippen LogP contribution in [0, 0.1) is 11.6 Å². The maximum atomic E-state index is 13.2. The van der Waals surface area contributed by atoms with Crippen LogP contribution in [-0.4, -0.2) is 24.0 Å². The Bertz CT molecular complexity index is 375. The highest BCUT2D eigenvalue weighted by atomic mass is 19.1. The summed E-state index contributed by atoms with van der Waals surface area (Å²) in [6, 6.07) is 4.05. The summed E-state index contributed by atoms with van der Waals surface area (Å²) in [7, 11) is 0. The van der Waals surface area contributed by atoms with E-state index >= 15 is 0 Å². The van der Waals surface area contributed by atoms with E-state index in [0.29, 0.717) is 24.7 Å². The number of rotatable bonds is 3. The van der Waals surface area contributed by atoms with Crippen LogP contribution in [0.15, 0.2) is 18.2 Å². The fourth-order valence-electron chi connectivity index (χ4n) is 2.65. The topological polar surface area (TPSA) is 29.3 Å². The average Bonchev–Trinajstić information content (AvgIpc) is 2.52. The van der Waals surface area contributed by atoms with Crippen molar-refractivity contribution in [3.05, 3.63) is 35.4 Å². The molecular formula is C14H20F2N2. The minimum atomic E-state index is -0.510. The molecule has 1 saturated heterocycles. The standard InChI is InChI=1S/C14H20F2N2/c15-12-6-11(7-13(16)8-12)10-18-5-3-1-2-4-14(18)9-17/h6-8,14H,1-5,9-10,17H2. The highest BCUT2D eigenvalue weighted by Crippen LogP contribution is 2.19. The van der Waals surface area contributed by atoms with Crippen molar-refractivity contribution < 1.29 is 8.78 Å². The van der Waals surface area contributed by atoms with Crippen molar-refractivity contribution in [2.45, 2.75) is 38.3 Å². The molecule has 1 unspecified atom stereocenters. The lowest BCUT2D eigenvalue weighted by Crippen LogP contribution is -2.39. The van der Waals surface area contributed by atoms with Crippen molar-refractivity contribution in [2.75, 3.05) is 13.1 Å². The van der Waals surface area contributed by atoms with E-state index in [9.17, 15) is 8.78 Å².